The third-order valence-corrected chi connectivity index (χ3v) is 3.34. The molecule has 1 aromatic carbocycles. The Kier molecular flexibility index (Phi) is 3.16. The smallest absolute Gasteiger partial charge is 0.366 e. The first kappa shape index (κ1) is 13.4. The molecule has 1 heterocycles. The van der Waals surface area contributed by atoms with Crippen LogP contribution in [0.2, 0.25) is 0 Å². The highest BCUT2D eigenvalue weighted by atomic mass is 127. The van der Waals surface area contributed by atoms with Crippen LogP contribution in [0.3, 0.4) is 0 Å². The summed E-state index contributed by atoms with van der Waals surface area (Å²) in [5.74, 6) is -3.84. The second-order valence-corrected chi connectivity index (χ2v) is 4.94. The van der Waals surface area contributed by atoms with Crippen LogP contribution in [0.15, 0.2) is 29.3 Å². The summed E-state index contributed by atoms with van der Waals surface area (Å²) in [6.45, 7) is 2.59. The van der Waals surface area contributed by atoms with Crippen molar-refractivity contribution < 1.29 is 16.6 Å². The second-order valence-electron chi connectivity index (χ2n) is 4.50. The Balaban J connectivity index is 2.71. The monoisotopic (exact) mass is 365 g/mol. The first-order valence-electron chi connectivity index (χ1n) is 5.22. The number of benzene rings is 1. The first-order valence-corrected chi connectivity index (χ1v) is 6.10. The molecule has 0 saturated carbocycles. The number of alkyl halides is 2. The Bertz CT molecular complexity index is 541. The molecule has 0 aromatic heterocycles. The average Bonchev–Trinajstić information content (AvgIpc) is 2.33. The van der Waals surface area contributed by atoms with Crippen LogP contribution in [0.5, 0.6) is 0 Å². The molecule has 1 aliphatic heterocycles. The molecule has 0 aliphatic carbocycles. The van der Waals surface area contributed by atoms with Crippen molar-refractivity contribution >= 4 is 34.7 Å². The van der Waals surface area contributed by atoms with Crippen LogP contribution in [0.25, 0.3) is 0 Å². The maximum atomic E-state index is 14.3. The lowest BCUT2D eigenvalue weighted by Gasteiger charge is -2.36. The standard InChI is InChI=1S/C12H10F2INO2/c1-11(2)12(13,14)8-6-4-3-5-7(8)9(16-11)10(17)18-15/h3-6H,1-2H3. The minimum absolute atomic E-state index is 0.0593. The van der Waals surface area contributed by atoms with E-state index in [2.05, 4.69) is 8.06 Å². The molecule has 0 bridgehead atoms. The van der Waals surface area contributed by atoms with E-state index in [4.69, 9.17) is 0 Å². The second kappa shape index (κ2) is 4.25. The number of nitrogens with zero attached hydrogens (tertiary/aromatic N) is 1. The highest BCUT2D eigenvalue weighted by Crippen LogP contribution is 2.45. The quantitative estimate of drug-likeness (QED) is 0.717. The van der Waals surface area contributed by atoms with Crippen molar-refractivity contribution in [1.29, 1.82) is 0 Å². The number of rotatable bonds is 1. The van der Waals surface area contributed by atoms with Crippen molar-refractivity contribution in [2.45, 2.75) is 25.3 Å². The minimum atomic E-state index is -3.13. The number of hydrogen-bond acceptors (Lipinski definition) is 3. The maximum Gasteiger partial charge on any atom is 0.366 e. The number of hydrogen-bond donors (Lipinski definition) is 0. The lowest BCUT2D eigenvalue weighted by Crippen LogP contribution is -2.45. The summed E-state index contributed by atoms with van der Waals surface area (Å²) in [7, 11) is 0. The lowest BCUT2D eigenvalue weighted by atomic mass is 9.83. The van der Waals surface area contributed by atoms with Gasteiger partial charge >= 0.3 is 5.97 Å². The van der Waals surface area contributed by atoms with Gasteiger partial charge in [-0.25, -0.2) is 4.79 Å². The number of halogens is 3. The van der Waals surface area contributed by atoms with Gasteiger partial charge in [0.25, 0.3) is 5.92 Å². The van der Waals surface area contributed by atoms with Gasteiger partial charge in [-0.15, -0.1) is 0 Å². The Hall–Kier alpha value is -1.05. The van der Waals surface area contributed by atoms with E-state index in [-0.39, 0.29) is 16.8 Å². The predicted octanol–water partition coefficient (Wildman–Crippen LogP) is 3.25. The fraction of sp³-hybridized carbons (Fsp3) is 0.333. The van der Waals surface area contributed by atoms with Gasteiger partial charge in [0.2, 0.25) is 0 Å². The Morgan fingerprint density at radius 3 is 2.56 bits per heavy atom. The molecule has 0 saturated heterocycles. The third-order valence-electron chi connectivity index (χ3n) is 2.94. The van der Waals surface area contributed by atoms with Gasteiger partial charge in [-0.1, -0.05) is 24.3 Å². The Morgan fingerprint density at radius 2 is 1.94 bits per heavy atom. The molecule has 6 heteroatoms. The van der Waals surface area contributed by atoms with Gasteiger partial charge in [0.05, 0.1) is 0 Å². The molecule has 0 atom stereocenters. The summed E-state index contributed by atoms with van der Waals surface area (Å²) in [5.41, 5.74) is -1.80. The van der Waals surface area contributed by atoms with E-state index in [9.17, 15) is 13.6 Å². The van der Waals surface area contributed by atoms with E-state index < -0.39 is 17.4 Å². The normalized spacial score (nSPS) is 19.7. The topological polar surface area (TPSA) is 38.7 Å². The number of carbonyl (C=O) groups is 1. The van der Waals surface area contributed by atoms with Gasteiger partial charge in [0, 0.05) is 11.1 Å². The zero-order valence-electron chi connectivity index (χ0n) is 9.71. The molecule has 1 aliphatic rings. The average molecular weight is 365 g/mol. The van der Waals surface area contributed by atoms with Crippen molar-refractivity contribution in [2.24, 2.45) is 4.99 Å². The van der Waals surface area contributed by atoms with E-state index in [0.29, 0.717) is 0 Å². The molecule has 0 unspecified atom stereocenters. The summed E-state index contributed by atoms with van der Waals surface area (Å²) in [5, 5.41) is 0. The van der Waals surface area contributed by atoms with Crippen LogP contribution < -0.4 is 0 Å². The van der Waals surface area contributed by atoms with Crippen LogP contribution in [0.4, 0.5) is 8.78 Å². The zero-order valence-corrected chi connectivity index (χ0v) is 11.9. The number of fused-ring (bicyclic) bond motifs is 1. The van der Waals surface area contributed by atoms with E-state index in [0.717, 1.165) is 0 Å². The molecular weight excluding hydrogens is 355 g/mol. The van der Waals surface area contributed by atoms with Gasteiger partial charge in [0.1, 0.15) is 5.54 Å². The minimum Gasteiger partial charge on any atom is -0.390 e. The van der Waals surface area contributed by atoms with Crippen LogP contribution in [-0.4, -0.2) is 17.2 Å². The molecule has 96 valence electrons. The summed E-state index contributed by atoms with van der Waals surface area (Å²) < 4.78 is 33.1. The van der Waals surface area contributed by atoms with E-state index in [1.54, 1.807) is 6.07 Å². The van der Waals surface area contributed by atoms with Crippen molar-refractivity contribution in [2.75, 3.05) is 0 Å². The zero-order chi connectivity index (χ0) is 13.6. The van der Waals surface area contributed by atoms with Gasteiger partial charge in [-0.05, 0) is 13.8 Å². The SMILES string of the molecule is CC1(C)N=C(C(=O)OI)c2ccccc2C1(F)F. The highest BCUT2D eigenvalue weighted by molar-refractivity contribution is 14.1. The van der Waals surface area contributed by atoms with Crippen LogP contribution in [0.1, 0.15) is 25.0 Å². The molecule has 3 nitrogen and oxygen atoms in total. The van der Waals surface area contributed by atoms with E-state index in [1.165, 1.54) is 55.1 Å². The maximum absolute atomic E-state index is 14.3. The molecule has 2 rings (SSSR count). The van der Waals surface area contributed by atoms with Crippen LogP contribution >= 0.6 is 23.0 Å². The molecule has 0 amide bonds. The Labute approximate surface area is 117 Å². The molecule has 0 spiro atoms. The molecule has 0 fully saturated rings. The first-order chi connectivity index (χ1) is 8.31. The Morgan fingerprint density at radius 1 is 1.33 bits per heavy atom. The van der Waals surface area contributed by atoms with Crippen molar-refractivity contribution in [1.82, 2.24) is 0 Å². The fourth-order valence-electron chi connectivity index (χ4n) is 1.90. The third kappa shape index (κ3) is 1.82. The van der Waals surface area contributed by atoms with Crippen LogP contribution in [0, 0.1) is 0 Å². The van der Waals surface area contributed by atoms with Gasteiger partial charge in [-0.2, -0.15) is 8.78 Å². The summed E-state index contributed by atoms with van der Waals surface area (Å²) >= 11 is 1.42. The van der Waals surface area contributed by atoms with Gasteiger partial charge in [0.15, 0.2) is 28.7 Å². The van der Waals surface area contributed by atoms with Gasteiger partial charge in [-0.3, -0.25) is 4.99 Å². The van der Waals surface area contributed by atoms with Crippen molar-refractivity contribution in [3.05, 3.63) is 35.4 Å². The van der Waals surface area contributed by atoms with E-state index >= 15 is 0 Å². The van der Waals surface area contributed by atoms with Crippen molar-refractivity contribution in [3.8, 4) is 0 Å². The fourth-order valence-corrected chi connectivity index (χ4v) is 2.10. The molecule has 18 heavy (non-hydrogen) atoms. The predicted molar refractivity (Wildman–Crippen MR) is 71.1 cm³/mol. The van der Waals surface area contributed by atoms with Crippen molar-refractivity contribution in [3.63, 3.8) is 0 Å². The van der Waals surface area contributed by atoms with Gasteiger partial charge < -0.3 is 3.07 Å². The molecule has 1 aromatic rings. The summed E-state index contributed by atoms with van der Waals surface area (Å²) in [6.07, 6.45) is 0. The van der Waals surface area contributed by atoms with E-state index in [1.807, 2.05) is 0 Å². The number of aliphatic imine (C=N–C) groups is 1. The summed E-state index contributed by atoms with van der Waals surface area (Å²) in [6, 6.07) is 5.86. The molecule has 0 N–H and O–H groups in total. The van der Waals surface area contributed by atoms with Crippen LogP contribution in [-0.2, 0) is 13.8 Å². The highest BCUT2D eigenvalue weighted by Gasteiger charge is 2.53. The lowest BCUT2D eigenvalue weighted by molar-refractivity contribution is -0.124. The largest absolute Gasteiger partial charge is 0.390 e. The number of carbonyl (C=O) groups excluding carboxylic acids is 1. The molecule has 0 radical (unpaired) electrons. The molecular formula is C12H10F2INO2. The summed E-state index contributed by atoms with van der Waals surface area (Å²) in [4.78, 5) is 15.5.